The number of H-pyrrole nitrogens is 1. The standard InChI is InChI=1S/C22H21F3N6O/c1-14-11-30(6-7-31(14)20-5-3-17(10-26-20)22(23,24)25)12-16-9-28-29-21(16)15-2-4-18-19(8-15)32-13-27-18/h2-5,8-10,13-14H,6-7,11-12H2,1H3,(H,28,29)/t14-/m0/s1. The number of hydrogen-bond acceptors (Lipinski definition) is 6. The van der Waals surface area contributed by atoms with Gasteiger partial charge in [0.25, 0.3) is 0 Å². The van der Waals surface area contributed by atoms with Crippen LogP contribution in [0.3, 0.4) is 0 Å². The fourth-order valence-electron chi connectivity index (χ4n) is 4.17. The normalized spacial score (nSPS) is 17.9. The second-order valence-corrected chi connectivity index (χ2v) is 7.99. The molecular formula is C22H21F3N6O. The summed E-state index contributed by atoms with van der Waals surface area (Å²) in [5.74, 6) is 0.564. The van der Waals surface area contributed by atoms with Crippen molar-refractivity contribution < 1.29 is 17.6 Å². The van der Waals surface area contributed by atoms with Crippen LogP contribution < -0.4 is 4.90 Å². The van der Waals surface area contributed by atoms with Crippen LogP contribution in [-0.2, 0) is 12.7 Å². The summed E-state index contributed by atoms with van der Waals surface area (Å²) >= 11 is 0. The number of halogens is 3. The first-order chi connectivity index (χ1) is 15.4. The molecule has 32 heavy (non-hydrogen) atoms. The Bertz CT molecular complexity index is 1220. The monoisotopic (exact) mass is 442 g/mol. The van der Waals surface area contributed by atoms with E-state index in [1.54, 1.807) is 0 Å². The fourth-order valence-corrected chi connectivity index (χ4v) is 4.17. The van der Waals surface area contributed by atoms with Crippen molar-refractivity contribution in [2.45, 2.75) is 25.7 Å². The molecule has 0 amide bonds. The first-order valence-corrected chi connectivity index (χ1v) is 10.3. The molecule has 5 rings (SSSR count). The highest BCUT2D eigenvalue weighted by Crippen LogP contribution is 2.30. The highest BCUT2D eigenvalue weighted by Gasteiger charge is 2.32. The van der Waals surface area contributed by atoms with Gasteiger partial charge in [-0.2, -0.15) is 18.3 Å². The van der Waals surface area contributed by atoms with E-state index >= 15 is 0 Å². The van der Waals surface area contributed by atoms with Crippen LogP contribution in [0.5, 0.6) is 0 Å². The van der Waals surface area contributed by atoms with Crippen LogP contribution in [0.4, 0.5) is 19.0 Å². The van der Waals surface area contributed by atoms with Crippen LogP contribution in [-0.4, -0.2) is 50.7 Å². The quantitative estimate of drug-likeness (QED) is 0.507. The average molecular weight is 442 g/mol. The molecule has 1 aliphatic rings. The number of anilines is 1. The number of aromatic nitrogens is 4. The van der Waals surface area contributed by atoms with E-state index in [1.165, 1.54) is 12.5 Å². The topological polar surface area (TPSA) is 74.1 Å². The Morgan fingerprint density at radius 1 is 1.12 bits per heavy atom. The van der Waals surface area contributed by atoms with Gasteiger partial charge in [0.2, 0.25) is 0 Å². The van der Waals surface area contributed by atoms with E-state index < -0.39 is 11.7 Å². The number of nitrogens with zero attached hydrogens (tertiary/aromatic N) is 5. The molecule has 4 aromatic rings. The van der Waals surface area contributed by atoms with Gasteiger partial charge in [-0.3, -0.25) is 10.00 Å². The van der Waals surface area contributed by atoms with Crippen molar-refractivity contribution in [2.24, 2.45) is 0 Å². The molecule has 1 aliphatic heterocycles. The first-order valence-electron chi connectivity index (χ1n) is 10.3. The van der Waals surface area contributed by atoms with Crippen molar-refractivity contribution in [1.82, 2.24) is 25.1 Å². The zero-order valence-corrected chi connectivity index (χ0v) is 17.3. The second kappa shape index (κ2) is 7.94. The van der Waals surface area contributed by atoms with Gasteiger partial charge >= 0.3 is 6.18 Å². The smallest absolute Gasteiger partial charge is 0.417 e. The summed E-state index contributed by atoms with van der Waals surface area (Å²) < 4.78 is 43.8. The third-order valence-corrected chi connectivity index (χ3v) is 5.81. The minimum absolute atomic E-state index is 0.105. The van der Waals surface area contributed by atoms with Gasteiger partial charge in [-0.1, -0.05) is 6.07 Å². The van der Waals surface area contributed by atoms with E-state index in [2.05, 4.69) is 32.0 Å². The number of piperazine rings is 1. The molecule has 4 heterocycles. The van der Waals surface area contributed by atoms with Gasteiger partial charge in [0.15, 0.2) is 12.0 Å². The minimum Gasteiger partial charge on any atom is -0.443 e. The highest BCUT2D eigenvalue weighted by atomic mass is 19.4. The summed E-state index contributed by atoms with van der Waals surface area (Å²) in [6.07, 6.45) is -0.225. The Labute approximate surface area is 181 Å². The Morgan fingerprint density at radius 3 is 2.75 bits per heavy atom. The SMILES string of the molecule is C[C@H]1CN(Cc2cn[nH]c2-c2ccc3ncoc3c2)CCN1c1ccc(C(F)(F)F)cn1. The zero-order valence-electron chi connectivity index (χ0n) is 17.3. The lowest BCUT2D eigenvalue weighted by Gasteiger charge is -2.40. The molecule has 1 fully saturated rings. The molecule has 0 saturated carbocycles. The molecule has 1 N–H and O–H groups in total. The number of benzene rings is 1. The summed E-state index contributed by atoms with van der Waals surface area (Å²) in [6.45, 7) is 4.96. The van der Waals surface area contributed by atoms with Gasteiger partial charge in [-0.05, 0) is 31.2 Å². The molecule has 166 valence electrons. The molecule has 7 nitrogen and oxygen atoms in total. The van der Waals surface area contributed by atoms with Crippen molar-refractivity contribution in [3.8, 4) is 11.3 Å². The summed E-state index contributed by atoms with van der Waals surface area (Å²) in [4.78, 5) is 12.6. The largest absolute Gasteiger partial charge is 0.443 e. The van der Waals surface area contributed by atoms with Crippen LogP contribution in [0.1, 0.15) is 18.1 Å². The predicted molar refractivity (Wildman–Crippen MR) is 113 cm³/mol. The molecule has 0 bridgehead atoms. The van der Waals surface area contributed by atoms with Crippen LogP contribution in [0.25, 0.3) is 22.4 Å². The van der Waals surface area contributed by atoms with Crippen molar-refractivity contribution in [2.75, 3.05) is 24.5 Å². The summed E-state index contributed by atoms with van der Waals surface area (Å²) in [6, 6.07) is 8.48. The molecule has 1 aromatic carbocycles. The number of aromatic amines is 1. The van der Waals surface area contributed by atoms with Crippen LogP contribution in [0.2, 0.25) is 0 Å². The summed E-state index contributed by atoms with van der Waals surface area (Å²) in [7, 11) is 0. The van der Waals surface area contributed by atoms with Gasteiger partial charge in [0.05, 0.1) is 17.5 Å². The van der Waals surface area contributed by atoms with Gasteiger partial charge in [-0.15, -0.1) is 0 Å². The minimum atomic E-state index is -4.38. The molecule has 1 saturated heterocycles. The number of oxazole rings is 1. The highest BCUT2D eigenvalue weighted by molar-refractivity contribution is 5.79. The maximum atomic E-state index is 12.8. The Balaban J connectivity index is 1.27. The Kier molecular flexibility index (Phi) is 5.09. The number of fused-ring (bicyclic) bond motifs is 1. The van der Waals surface area contributed by atoms with E-state index in [0.717, 1.165) is 47.7 Å². The number of alkyl halides is 3. The molecule has 0 spiro atoms. The predicted octanol–water partition coefficient (Wildman–Crippen LogP) is 4.34. The number of pyridine rings is 1. The van der Waals surface area contributed by atoms with Crippen LogP contribution >= 0.6 is 0 Å². The lowest BCUT2D eigenvalue weighted by atomic mass is 10.1. The maximum absolute atomic E-state index is 12.8. The van der Waals surface area contributed by atoms with Gasteiger partial charge in [0.1, 0.15) is 11.3 Å². The maximum Gasteiger partial charge on any atom is 0.417 e. The Hall–Kier alpha value is -3.40. The molecular weight excluding hydrogens is 421 g/mol. The molecule has 3 aromatic heterocycles. The molecule has 0 aliphatic carbocycles. The van der Waals surface area contributed by atoms with Crippen molar-refractivity contribution >= 4 is 16.9 Å². The third-order valence-electron chi connectivity index (χ3n) is 5.81. The van der Waals surface area contributed by atoms with Gasteiger partial charge in [0, 0.05) is 49.5 Å². The lowest BCUT2D eigenvalue weighted by molar-refractivity contribution is -0.137. The van der Waals surface area contributed by atoms with E-state index in [9.17, 15) is 13.2 Å². The zero-order chi connectivity index (χ0) is 22.3. The third kappa shape index (κ3) is 3.93. The lowest BCUT2D eigenvalue weighted by Crippen LogP contribution is -2.51. The van der Waals surface area contributed by atoms with E-state index in [1.807, 2.05) is 29.3 Å². The molecule has 1 atom stereocenters. The summed E-state index contributed by atoms with van der Waals surface area (Å²) in [5, 5.41) is 7.31. The van der Waals surface area contributed by atoms with Crippen molar-refractivity contribution in [1.29, 1.82) is 0 Å². The van der Waals surface area contributed by atoms with Gasteiger partial charge < -0.3 is 9.32 Å². The number of rotatable bonds is 4. The van der Waals surface area contributed by atoms with Crippen molar-refractivity contribution in [3.63, 3.8) is 0 Å². The number of hydrogen-bond donors (Lipinski definition) is 1. The molecule has 0 unspecified atom stereocenters. The summed E-state index contributed by atoms with van der Waals surface area (Å²) in [5.41, 5.74) is 3.76. The van der Waals surface area contributed by atoms with Crippen LogP contribution in [0.15, 0.2) is 53.5 Å². The molecule has 10 heteroatoms. The van der Waals surface area contributed by atoms with E-state index in [0.29, 0.717) is 24.5 Å². The second-order valence-electron chi connectivity index (χ2n) is 7.99. The van der Waals surface area contributed by atoms with Gasteiger partial charge in [-0.25, -0.2) is 9.97 Å². The fraction of sp³-hybridized carbons (Fsp3) is 0.318. The van der Waals surface area contributed by atoms with Crippen LogP contribution in [0, 0.1) is 0 Å². The van der Waals surface area contributed by atoms with E-state index in [-0.39, 0.29) is 6.04 Å². The van der Waals surface area contributed by atoms with Crippen molar-refractivity contribution in [3.05, 3.63) is 60.2 Å². The molecule has 0 radical (unpaired) electrons. The average Bonchev–Trinajstić information content (AvgIpc) is 3.42. The number of nitrogens with one attached hydrogen (secondary N) is 1. The first kappa shape index (κ1) is 20.5. The Morgan fingerprint density at radius 2 is 2.00 bits per heavy atom. The van der Waals surface area contributed by atoms with E-state index in [4.69, 9.17) is 4.42 Å².